The van der Waals surface area contributed by atoms with Gasteiger partial charge < -0.3 is 20.9 Å². The number of halogens is 1. The molecule has 5 heterocycles. The summed E-state index contributed by atoms with van der Waals surface area (Å²) in [5.41, 5.74) is 8.47. The highest BCUT2D eigenvalue weighted by atomic mass is 32.1. The van der Waals surface area contributed by atoms with Crippen molar-refractivity contribution in [3.8, 4) is 26.6 Å². The molecule has 2 aliphatic heterocycles. The minimum absolute atomic E-state index is 0.0593. The maximum atomic E-state index is 16.1. The zero-order valence-electron chi connectivity index (χ0n) is 38.6. The molecule has 13 nitrogen and oxygen atoms in total. The molecule has 16 heteroatoms. The first-order valence-corrected chi connectivity index (χ1v) is 23.8. The van der Waals surface area contributed by atoms with Crippen LogP contribution in [0, 0.1) is 38.9 Å². The second-order valence-corrected chi connectivity index (χ2v) is 20.2. The first-order valence-electron chi connectivity index (χ1n) is 22.1. The third-order valence-electron chi connectivity index (χ3n) is 12.6. The summed E-state index contributed by atoms with van der Waals surface area (Å²) < 4.78 is 18.1. The van der Waals surface area contributed by atoms with Crippen molar-refractivity contribution in [2.45, 2.75) is 98.8 Å². The molecule has 4 atom stereocenters. The highest BCUT2D eigenvalue weighted by Crippen LogP contribution is 2.40. The maximum Gasteiger partial charge on any atom is 0.252 e. The van der Waals surface area contributed by atoms with Gasteiger partial charge in [-0.1, -0.05) is 75.4 Å². The molecule has 0 radical (unpaired) electrons. The molecule has 0 saturated carbocycles. The van der Waals surface area contributed by atoms with E-state index in [2.05, 4.69) is 45.0 Å². The molecule has 6 aromatic rings. The van der Waals surface area contributed by atoms with Crippen LogP contribution in [-0.4, -0.2) is 79.7 Å². The summed E-state index contributed by atoms with van der Waals surface area (Å²) >= 11 is 3.20. The number of fused-ring (bicyclic) bond motifs is 3. The number of nitrogens with zero attached hydrogens (tertiary/aromatic N) is 6. The normalized spacial score (nSPS) is 16.7. The number of hydrogen-bond acceptors (Lipinski definition) is 10. The van der Waals surface area contributed by atoms with E-state index in [9.17, 15) is 19.2 Å². The first kappa shape index (κ1) is 46.2. The molecule has 3 aromatic heterocycles. The second kappa shape index (κ2) is 18.5. The van der Waals surface area contributed by atoms with Gasteiger partial charge in [0.05, 0.1) is 34.3 Å². The van der Waals surface area contributed by atoms with E-state index in [0.29, 0.717) is 42.3 Å². The van der Waals surface area contributed by atoms with Gasteiger partial charge in [0.2, 0.25) is 17.7 Å². The average Bonchev–Trinajstić information content (AvgIpc) is 4.09. The number of carbonyl (C=O) groups excluding carboxylic acids is 4. The van der Waals surface area contributed by atoms with Crippen LogP contribution in [-0.2, 0) is 14.4 Å². The van der Waals surface area contributed by atoms with Crippen molar-refractivity contribution in [1.29, 1.82) is 0 Å². The fourth-order valence-corrected chi connectivity index (χ4v) is 10.8. The van der Waals surface area contributed by atoms with Crippen LogP contribution in [0.25, 0.3) is 26.6 Å². The van der Waals surface area contributed by atoms with E-state index in [1.165, 1.54) is 6.07 Å². The largest absolute Gasteiger partial charge is 0.359 e. The smallest absolute Gasteiger partial charge is 0.252 e. The molecular formula is C50H54FN9O4S2. The van der Waals surface area contributed by atoms with Gasteiger partial charge in [0.1, 0.15) is 34.8 Å². The molecule has 1 saturated heterocycles. The minimum atomic E-state index is -0.993. The quantitative estimate of drug-likeness (QED) is 0.117. The summed E-state index contributed by atoms with van der Waals surface area (Å²) in [6.07, 6.45) is 1.22. The molecule has 0 bridgehead atoms. The summed E-state index contributed by atoms with van der Waals surface area (Å²) in [7, 11) is 1.59. The van der Waals surface area contributed by atoms with Crippen LogP contribution >= 0.6 is 22.7 Å². The Morgan fingerprint density at radius 1 is 0.909 bits per heavy atom. The van der Waals surface area contributed by atoms with Crippen LogP contribution < -0.4 is 16.0 Å². The highest BCUT2D eigenvalue weighted by Gasteiger charge is 2.42. The lowest BCUT2D eigenvalue weighted by Gasteiger charge is -2.35. The molecule has 4 amide bonds. The predicted octanol–water partition coefficient (Wildman–Crippen LogP) is 8.53. The molecule has 342 valence electrons. The van der Waals surface area contributed by atoms with E-state index >= 15 is 4.39 Å². The van der Waals surface area contributed by atoms with Crippen LogP contribution in [0.3, 0.4) is 0 Å². The van der Waals surface area contributed by atoms with Crippen molar-refractivity contribution >= 4 is 52.0 Å². The number of aromatic nitrogens is 4. The number of likely N-dealkylation sites (tertiary alicyclic amines) is 1. The van der Waals surface area contributed by atoms with Gasteiger partial charge in [-0.2, -0.15) is 0 Å². The summed E-state index contributed by atoms with van der Waals surface area (Å²) in [5, 5.41) is 18.4. The summed E-state index contributed by atoms with van der Waals surface area (Å²) in [4.78, 5) is 67.9. The first-order chi connectivity index (χ1) is 31.4. The second-order valence-electron chi connectivity index (χ2n) is 18.1. The predicted molar refractivity (Wildman–Crippen MR) is 257 cm³/mol. The number of carbonyl (C=O) groups is 4. The average molecular weight is 928 g/mol. The van der Waals surface area contributed by atoms with Gasteiger partial charge in [-0.15, -0.1) is 32.9 Å². The number of thiophene rings is 1. The molecule has 66 heavy (non-hydrogen) atoms. The number of amides is 4. The Kier molecular flexibility index (Phi) is 12.9. The Labute approximate surface area is 392 Å². The topological polar surface area (TPSA) is 164 Å². The van der Waals surface area contributed by atoms with Gasteiger partial charge in [-0.05, 0) is 87.3 Å². The van der Waals surface area contributed by atoms with Crippen LogP contribution in [0.2, 0.25) is 0 Å². The Morgan fingerprint density at radius 2 is 1.61 bits per heavy atom. The van der Waals surface area contributed by atoms with Crippen LogP contribution in [0.4, 0.5) is 4.39 Å². The molecule has 1 fully saturated rings. The monoisotopic (exact) mass is 927 g/mol. The van der Waals surface area contributed by atoms with Crippen LogP contribution in [0.5, 0.6) is 0 Å². The van der Waals surface area contributed by atoms with E-state index < -0.39 is 35.3 Å². The van der Waals surface area contributed by atoms with Crippen molar-refractivity contribution < 1.29 is 23.6 Å². The van der Waals surface area contributed by atoms with E-state index in [1.54, 1.807) is 46.8 Å². The van der Waals surface area contributed by atoms with Crippen molar-refractivity contribution in [1.82, 2.24) is 40.6 Å². The molecule has 3 N–H and O–H groups in total. The van der Waals surface area contributed by atoms with Crippen molar-refractivity contribution in [3.63, 3.8) is 0 Å². The van der Waals surface area contributed by atoms with E-state index in [4.69, 9.17) is 4.99 Å². The molecule has 3 aromatic carbocycles. The molecule has 8 rings (SSSR count). The maximum absolute atomic E-state index is 16.1. The number of hydrogen-bond donors (Lipinski definition) is 3. The lowest BCUT2D eigenvalue weighted by Crippen LogP contribution is -2.57. The van der Waals surface area contributed by atoms with Gasteiger partial charge >= 0.3 is 0 Å². The molecule has 2 aliphatic rings. The summed E-state index contributed by atoms with van der Waals surface area (Å²) in [6, 6.07) is 17.1. The lowest BCUT2D eigenvalue weighted by atomic mass is 9.85. The number of nitrogens with one attached hydrogen (secondary N) is 3. The van der Waals surface area contributed by atoms with Crippen LogP contribution in [0.1, 0.15) is 114 Å². The number of aryl methyl sites for hydroxylation is 3. The number of aliphatic imine (C=N–C) groups is 1. The van der Waals surface area contributed by atoms with E-state index in [0.717, 1.165) is 48.3 Å². The fourth-order valence-electron chi connectivity index (χ4n) is 8.73. The summed E-state index contributed by atoms with van der Waals surface area (Å²) in [5.74, 6) is -0.721. The Balaban J connectivity index is 0.973. The fraction of sp³-hybridized carbons (Fsp3) is 0.360. The molecule has 0 aliphatic carbocycles. The number of thiazole rings is 1. The van der Waals surface area contributed by atoms with Crippen molar-refractivity contribution in [3.05, 3.63) is 128 Å². The highest BCUT2D eigenvalue weighted by molar-refractivity contribution is 7.15. The Hall–Kier alpha value is -6.39. The van der Waals surface area contributed by atoms with E-state index in [1.807, 2.05) is 100 Å². The zero-order valence-corrected chi connectivity index (χ0v) is 40.2. The molecule has 2 unspecified atom stereocenters. The van der Waals surface area contributed by atoms with Gasteiger partial charge in [0, 0.05) is 40.7 Å². The molecule has 0 spiro atoms. The molecular weight excluding hydrogens is 874 g/mol. The van der Waals surface area contributed by atoms with Crippen molar-refractivity contribution in [2.24, 2.45) is 10.4 Å². The summed E-state index contributed by atoms with van der Waals surface area (Å²) in [6.45, 7) is 15.8. The standard InChI is InChI=1S/C50H54FN9O4S2/c1-26-29(4)66-49-41(26)42(55-38(24-40(61)52-9)45-58-57-30(5)60(45)49)33-16-14-32(15-17-33)36-21-20-35(23-37(36)51)46(62)56-44(50(6,7)8)48(64)59-22-10-11-39(59)47(63)54-27(2)31-12-18-34(19-13-31)43-28(3)53-25-65-43/h12-21,23,25,27,38-39,44H,10-11,22,24H2,1-9H3,(H,52,61)(H,54,63)(H,56,62)/t27?,38-,39?,44+/m0/s1. The minimum Gasteiger partial charge on any atom is -0.359 e. The van der Waals surface area contributed by atoms with E-state index in [-0.39, 0.29) is 41.3 Å². The lowest BCUT2D eigenvalue weighted by molar-refractivity contribution is -0.142. The number of rotatable bonds is 11. The third-order valence-corrected chi connectivity index (χ3v) is 14.8. The van der Waals surface area contributed by atoms with Gasteiger partial charge in [0.15, 0.2) is 5.82 Å². The Bertz CT molecular complexity index is 2870. The van der Waals surface area contributed by atoms with Gasteiger partial charge in [-0.3, -0.25) is 28.7 Å². The van der Waals surface area contributed by atoms with Gasteiger partial charge in [0.25, 0.3) is 5.91 Å². The zero-order chi connectivity index (χ0) is 47.2. The third kappa shape index (κ3) is 8.95. The number of benzene rings is 3. The Morgan fingerprint density at radius 3 is 2.26 bits per heavy atom. The van der Waals surface area contributed by atoms with Crippen LogP contribution in [0.15, 0.2) is 77.2 Å². The van der Waals surface area contributed by atoms with Crippen molar-refractivity contribution in [2.75, 3.05) is 13.6 Å². The SMILES string of the molecule is CNC(=O)C[C@@H]1N=C(c2ccc(-c3ccc(C(=O)N[C@H](C(=O)N4CCCC4C(=O)NC(C)c4ccc(-c5scnc5C)cc4)C(C)(C)C)cc3F)cc2)c2c(sc(C)c2C)-n2c(C)nnc21. The van der Waals surface area contributed by atoms with Gasteiger partial charge in [-0.25, -0.2) is 9.37 Å².